The van der Waals surface area contributed by atoms with Gasteiger partial charge in [-0.05, 0) is 30.2 Å². The van der Waals surface area contributed by atoms with Crippen LogP contribution in [0.5, 0.6) is 0 Å². The molecule has 0 saturated carbocycles. The number of aromatic amines is 1. The number of aromatic nitrogens is 2. The number of H-pyrrole nitrogens is 1. The van der Waals surface area contributed by atoms with E-state index in [1.165, 1.54) is 17.3 Å². The van der Waals surface area contributed by atoms with Gasteiger partial charge in [-0.25, -0.2) is 4.98 Å². The highest BCUT2D eigenvalue weighted by Crippen LogP contribution is 2.20. The molecule has 3 aromatic rings. The number of nitrogens with zero attached hydrogens (tertiary/aromatic N) is 2. The zero-order valence-corrected chi connectivity index (χ0v) is 14.1. The van der Waals surface area contributed by atoms with E-state index in [0.717, 1.165) is 21.8 Å². The number of thioether (sulfide) groups is 1. The molecule has 0 spiro atoms. The first-order valence-corrected chi connectivity index (χ1v) is 8.47. The van der Waals surface area contributed by atoms with Crippen molar-refractivity contribution in [2.75, 3.05) is 12.8 Å². The minimum Gasteiger partial charge on any atom is -0.341 e. The second-order valence-corrected chi connectivity index (χ2v) is 6.55. The minimum absolute atomic E-state index is 0.0930. The van der Waals surface area contributed by atoms with Crippen molar-refractivity contribution in [3.8, 4) is 0 Å². The maximum Gasteiger partial charge on any atom is 0.233 e. The van der Waals surface area contributed by atoms with Crippen molar-refractivity contribution in [2.45, 2.75) is 18.6 Å². The zero-order chi connectivity index (χ0) is 16.2. The predicted octanol–water partition coefficient (Wildman–Crippen LogP) is 3.62. The monoisotopic (exact) mass is 325 g/mol. The van der Waals surface area contributed by atoms with Crippen molar-refractivity contribution in [3.63, 3.8) is 0 Å². The van der Waals surface area contributed by atoms with E-state index in [4.69, 9.17) is 0 Å². The number of fused-ring (bicyclic) bond motifs is 1. The summed E-state index contributed by atoms with van der Waals surface area (Å²) in [7, 11) is 1.83. The van der Waals surface area contributed by atoms with Crippen LogP contribution >= 0.6 is 11.8 Å². The van der Waals surface area contributed by atoms with Crippen LogP contribution in [0.3, 0.4) is 0 Å². The summed E-state index contributed by atoms with van der Waals surface area (Å²) >= 11 is 1.44. The topological polar surface area (TPSA) is 49.0 Å². The van der Waals surface area contributed by atoms with Crippen molar-refractivity contribution in [2.24, 2.45) is 0 Å². The van der Waals surface area contributed by atoms with Gasteiger partial charge in [-0.3, -0.25) is 4.79 Å². The van der Waals surface area contributed by atoms with Crippen LogP contribution < -0.4 is 0 Å². The fourth-order valence-corrected chi connectivity index (χ4v) is 3.18. The van der Waals surface area contributed by atoms with Crippen LogP contribution in [0.15, 0.2) is 53.7 Å². The van der Waals surface area contributed by atoms with Crippen LogP contribution in [-0.4, -0.2) is 33.6 Å². The predicted molar refractivity (Wildman–Crippen MR) is 94.5 cm³/mol. The van der Waals surface area contributed by atoms with Crippen molar-refractivity contribution < 1.29 is 4.79 Å². The Morgan fingerprint density at radius 1 is 1.22 bits per heavy atom. The second kappa shape index (κ2) is 6.87. The number of benzene rings is 2. The number of carbonyl (C=O) groups is 1. The Labute approximate surface area is 139 Å². The van der Waals surface area contributed by atoms with Crippen LogP contribution in [-0.2, 0) is 11.3 Å². The molecule has 4 nitrogen and oxygen atoms in total. The Morgan fingerprint density at radius 2 is 2.00 bits per heavy atom. The summed E-state index contributed by atoms with van der Waals surface area (Å²) in [6, 6.07) is 16.1. The third-order valence-electron chi connectivity index (χ3n) is 3.64. The van der Waals surface area contributed by atoms with Gasteiger partial charge < -0.3 is 9.88 Å². The molecule has 1 heterocycles. The molecule has 1 amide bonds. The number of aryl methyl sites for hydroxylation is 1. The van der Waals surface area contributed by atoms with Crippen LogP contribution in [0.4, 0.5) is 0 Å². The molecule has 0 bridgehead atoms. The molecule has 2 aromatic carbocycles. The van der Waals surface area contributed by atoms with Crippen molar-refractivity contribution >= 4 is 28.7 Å². The average molecular weight is 325 g/mol. The first kappa shape index (κ1) is 15.6. The SMILES string of the molecule is Cc1ccc2nc(SCC(=O)N(C)Cc3ccccc3)[nH]c2c1. The van der Waals surface area contributed by atoms with Crippen molar-refractivity contribution in [1.29, 1.82) is 0 Å². The van der Waals surface area contributed by atoms with Crippen LogP contribution in [0.25, 0.3) is 11.0 Å². The lowest BCUT2D eigenvalue weighted by Crippen LogP contribution is -2.27. The quantitative estimate of drug-likeness (QED) is 0.729. The van der Waals surface area contributed by atoms with Gasteiger partial charge in [-0.1, -0.05) is 48.2 Å². The maximum atomic E-state index is 12.3. The van der Waals surface area contributed by atoms with Gasteiger partial charge >= 0.3 is 0 Å². The number of hydrogen-bond acceptors (Lipinski definition) is 3. The summed E-state index contributed by atoms with van der Waals surface area (Å²) in [5.74, 6) is 0.470. The van der Waals surface area contributed by atoms with E-state index >= 15 is 0 Å². The molecule has 0 unspecified atom stereocenters. The second-order valence-electron chi connectivity index (χ2n) is 5.59. The van der Waals surface area contributed by atoms with E-state index in [-0.39, 0.29) is 5.91 Å². The molecule has 0 fully saturated rings. The van der Waals surface area contributed by atoms with E-state index < -0.39 is 0 Å². The van der Waals surface area contributed by atoms with Gasteiger partial charge in [-0.15, -0.1) is 0 Å². The number of hydrogen-bond donors (Lipinski definition) is 1. The lowest BCUT2D eigenvalue weighted by atomic mass is 10.2. The molecule has 23 heavy (non-hydrogen) atoms. The van der Waals surface area contributed by atoms with E-state index in [1.807, 2.05) is 49.5 Å². The minimum atomic E-state index is 0.0930. The molecular weight excluding hydrogens is 306 g/mol. The van der Waals surface area contributed by atoms with Gasteiger partial charge in [0.05, 0.1) is 16.8 Å². The number of rotatable bonds is 5. The Morgan fingerprint density at radius 3 is 2.78 bits per heavy atom. The molecular formula is C18H19N3OS. The van der Waals surface area contributed by atoms with E-state index in [9.17, 15) is 4.79 Å². The van der Waals surface area contributed by atoms with E-state index in [2.05, 4.69) is 23.0 Å². The molecule has 0 saturated heterocycles. The fraction of sp³-hybridized carbons (Fsp3) is 0.222. The number of imidazole rings is 1. The first-order chi connectivity index (χ1) is 11.1. The fourth-order valence-electron chi connectivity index (χ4n) is 2.35. The Bertz CT molecular complexity index is 814. The Kier molecular flexibility index (Phi) is 4.67. The molecule has 0 atom stereocenters. The summed E-state index contributed by atoms with van der Waals surface area (Å²) in [6.45, 7) is 2.68. The largest absolute Gasteiger partial charge is 0.341 e. The number of carbonyl (C=O) groups excluding carboxylic acids is 1. The molecule has 1 N–H and O–H groups in total. The molecule has 0 aliphatic rings. The first-order valence-electron chi connectivity index (χ1n) is 7.49. The van der Waals surface area contributed by atoms with Gasteiger partial charge in [0.2, 0.25) is 5.91 Å². The highest BCUT2D eigenvalue weighted by atomic mass is 32.2. The highest BCUT2D eigenvalue weighted by Gasteiger charge is 2.11. The smallest absolute Gasteiger partial charge is 0.233 e. The third kappa shape index (κ3) is 3.93. The molecule has 0 aliphatic heterocycles. The average Bonchev–Trinajstić information content (AvgIpc) is 2.95. The summed E-state index contributed by atoms with van der Waals surface area (Å²) in [4.78, 5) is 21.8. The van der Waals surface area contributed by atoms with E-state index in [0.29, 0.717) is 12.3 Å². The standard InChI is InChI=1S/C18H19N3OS/c1-13-8-9-15-16(10-13)20-18(19-15)23-12-17(22)21(2)11-14-6-4-3-5-7-14/h3-10H,11-12H2,1-2H3,(H,19,20). The molecule has 1 aromatic heterocycles. The van der Waals surface area contributed by atoms with Gasteiger partial charge in [0.15, 0.2) is 5.16 Å². The molecule has 0 aliphatic carbocycles. The molecule has 5 heteroatoms. The summed E-state index contributed by atoms with van der Waals surface area (Å²) in [5.41, 5.74) is 4.27. The summed E-state index contributed by atoms with van der Waals surface area (Å²) in [5, 5.41) is 0.784. The summed E-state index contributed by atoms with van der Waals surface area (Å²) in [6.07, 6.45) is 0. The van der Waals surface area contributed by atoms with Crippen LogP contribution in [0.2, 0.25) is 0 Å². The van der Waals surface area contributed by atoms with Gasteiger partial charge in [0, 0.05) is 13.6 Å². The summed E-state index contributed by atoms with van der Waals surface area (Å²) < 4.78 is 0. The van der Waals surface area contributed by atoms with Crippen molar-refractivity contribution in [1.82, 2.24) is 14.9 Å². The Hall–Kier alpha value is -2.27. The lowest BCUT2D eigenvalue weighted by Gasteiger charge is -2.16. The zero-order valence-electron chi connectivity index (χ0n) is 13.2. The van der Waals surface area contributed by atoms with Gasteiger partial charge in [0.25, 0.3) is 0 Å². The number of nitrogens with one attached hydrogen (secondary N) is 1. The van der Waals surface area contributed by atoms with Crippen LogP contribution in [0.1, 0.15) is 11.1 Å². The molecule has 3 rings (SSSR count). The normalized spacial score (nSPS) is 10.9. The van der Waals surface area contributed by atoms with Gasteiger partial charge in [-0.2, -0.15) is 0 Å². The number of amides is 1. The lowest BCUT2D eigenvalue weighted by molar-refractivity contribution is -0.127. The van der Waals surface area contributed by atoms with Gasteiger partial charge in [0.1, 0.15) is 0 Å². The Balaban J connectivity index is 1.59. The third-order valence-corrected chi connectivity index (χ3v) is 4.49. The van der Waals surface area contributed by atoms with Crippen LogP contribution in [0, 0.1) is 6.92 Å². The highest BCUT2D eigenvalue weighted by molar-refractivity contribution is 7.99. The maximum absolute atomic E-state index is 12.3. The van der Waals surface area contributed by atoms with E-state index in [1.54, 1.807) is 4.90 Å². The van der Waals surface area contributed by atoms with Crippen molar-refractivity contribution in [3.05, 3.63) is 59.7 Å². The molecule has 118 valence electrons. The molecule has 0 radical (unpaired) electrons.